The number of nitrogens with zero attached hydrogens (tertiary/aromatic N) is 2. The number of benzene rings is 3. The highest BCUT2D eigenvalue weighted by molar-refractivity contribution is 9.10. The molecule has 1 aromatic heterocycles. The zero-order valence-electron chi connectivity index (χ0n) is 21.3. The Kier molecular flexibility index (Phi) is 7.96. The van der Waals surface area contributed by atoms with Crippen LogP contribution in [-0.4, -0.2) is 31.8 Å². The first-order valence-corrected chi connectivity index (χ1v) is 14.9. The summed E-state index contributed by atoms with van der Waals surface area (Å²) < 4.78 is 15.7. The Morgan fingerprint density at radius 1 is 0.943 bits per heavy atom. The van der Waals surface area contributed by atoms with E-state index in [4.69, 9.17) is 14.3 Å². The summed E-state index contributed by atoms with van der Waals surface area (Å²) in [7, 11) is -0.844. The number of aromatic nitrogens is 2. The minimum atomic E-state index is -2.56. The molecule has 1 unspecified atom stereocenters. The summed E-state index contributed by atoms with van der Waals surface area (Å²) in [6, 6.07) is 27.9. The van der Waals surface area contributed by atoms with Gasteiger partial charge in [-0.25, -0.2) is 0 Å². The highest BCUT2D eigenvalue weighted by Gasteiger charge is 2.50. The van der Waals surface area contributed by atoms with Crippen LogP contribution in [0.3, 0.4) is 0 Å². The zero-order chi connectivity index (χ0) is 25.1. The Morgan fingerprint density at radius 3 is 2.09 bits per heavy atom. The van der Waals surface area contributed by atoms with E-state index in [-0.39, 0.29) is 11.0 Å². The maximum Gasteiger partial charge on any atom is 0.261 e. The van der Waals surface area contributed by atoms with Gasteiger partial charge in [-0.1, -0.05) is 104 Å². The molecule has 1 atom stereocenters. The van der Waals surface area contributed by atoms with Crippen molar-refractivity contribution < 1.29 is 9.16 Å². The number of rotatable bonds is 9. The second-order valence-electron chi connectivity index (χ2n) is 10.3. The van der Waals surface area contributed by atoms with Gasteiger partial charge in [-0.2, -0.15) is 5.10 Å². The lowest BCUT2D eigenvalue weighted by molar-refractivity contribution is 0.180. The molecule has 0 spiro atoms. The molecule has 0 saturated carbocycles. The van der Waals surface area contributed by atoms with Crippen LogP contribution < -0.4 is 10.4 Å². The molecular formula is C29H35BrN2O2Si. The summed E-state index contributed by atoms with van der Waals surface area (Å²) in [5, 5.41) is 8.61. The van der Waals surface area contributed by atoms with Crippen LogP contribution in [0.2, 0.25) is 5.04 Å². The number of hydrogen-bond donors (Lipinski definition) is 0. The van der Waals surface area contributed by atoms with Crippen molar-refractivity contribution in [3.05, 3.63) is 89.0 Å². The van der Waals surface area contributed by atoms with Gasteiger partial charge in [0, 0.05) is 30.1 Å². The summed E-state index contributed by atoms with van der Waals surface area (Å²) in [4.78, 5) is 0. The van der Waals surface area contributed by atoms with Crippen LogP contribution in [0.15, 0.2) is 83.3 Å². The summed E-state index contributed by atoms with van der Waals surface area (Å²) in [5.41, 5.74) is 2.08. The molecule has 4 nitrogen and oxygen atoms in total. The van der Waals surface area contributed by atoms with Gasteiger partial charge in [0.15, 0.2) is 0 Å². The zero-order valence-corrected chi connectivity index (χ0v) is 23.9. The van der Waals surface area contributed by atoms with Crippen LogP contribution in [0.4, 0.5) is 0 Å². The van der Waals surface area contributed by atoms with Gasteiger partial charge >= 0.3 is 0 Å². The topological polar surface area (TPSA) is 36.3 Å². The molecule has 0 bridgehead atoms. The second-order valence-corrected chi connectivity index (χ2v) is 15.5. The van der Waals surface area contributed by atoms with Gasteiger partial charge in [-0.05, 0) is 39.5 Å². The number of hydrogen-bond acceptors (Lipinski definition) is 3. The van der Waals surface area contributed by atoms with E-state index in [0.717, 1.165) is 27.6 Å². The smallest absolute Gasteiger partial charge is 0.261 e. The molecule has 0 aliphatic carbocycles. The van der Waals surface area contributed by atoms with Crippen LogP contribution in [0.5, 0.6) is 0 Å². The van der Waals surface area contributed by atoms with Crippen LogP contribution in [0.1, 0.15) is 33.4 Å². The van der Waals surface area contributed by atoms with Crippen molar-refractivity contribution in [2.75, 3.05) is 13.7 Å². The van der Waals surface area contributed by atoms with Gasteiger partial charge in [-0.3, -0.25) is 4.68 Å². The van der Waals surface area contributed by atoms with Crippen LogP contribution >= 0.6 is 15.9 Å². The van der Waals surface area contributed by atoms with E-state index in [1.165, 1.54) is 10.4 Å². The van der Waals surface area contributed by atoms with Crippen molar-refractivity contribution in [1.82, 2.24) is 9.78 Å². The Balaban J connectivity index is 1.66. The number of fused-ring (bicyclic) bond motifs is 1. The normalized spacial score (nSPS) is 13.3. The van der Waals surface area contributed by atoms with Crippen LogP contribution in [0.25, 0.3) is 10.9 Å². The number of ether oxygens (including phenoxy) is 1. The first-order chi connectivity index (χ1) is 16.8. The van der Waals surface area contributed by atoms with Gasteiger partial charge in [0.2, 0.25) is 0 Å². The predicted octanol–water partition coefficient (Wildman–Crippen LogP) is 6.16. The van der Waals surface area contributed by atoms with E-state index in [9.17, 15) is 0 Å². The molecule has 4 aromatic rings. The number of methoxy groups -OCH3 is 1. The Labute approximate surface area is 218 Å². The minimum absolute atomic E-state index is 0.0374. The maximum atomic E-state index is 7.15. The first-order valence-electron chi connectivity index (χ1n) is 12.1. The molecule has 0 aliphatic heterocycles. The average molecular weight is 552 g/mol. The third kappa shape index (κ3) is 5.31. The van der Waals surface area contributed by atoms with Crippen molar-refractivity contribution in [1.29, 1.82) is 0 Å². The summed E-state index contributed by atoms with van der Waals surface area (Å²) in [6.07, 6.45) is 0. The van der Waals surface area contributed by atoms with Gasteiger partial charge in [0.1, 0.15) is 0 Å². The molecule has 0 N–H and O–H groups in total. The monoisotopic (exact) mass is 550 g/mol. The molecule has 3 aromatic carbocycles. The summed E-state index contributed by atoms with van der Waals surface area (Å²) >= 11 is 3.62. The lowest BCUT2D eigenvalue weighted by Crippen LogP contribution is -2.66. The molecular weight excluding hydrogens is 516 g/mol. The number of halogens is 1. The molecule has 0 amide bonds. The Bertz CT molecular complexity index is 1210. The highest BCUT2D eigenvalue weighted by Crippen LogP contribution is 2.37. The van der Waals surface area contributed by atoms with Crippen molar-refractivity contribution >= 4 is 45.5 Å². The predicted molar refractivity (Wildman–Crippen MR) is 151 cm³/mol. The van der Waals surface area contributed by atoms with E-state index < -0.39 is 8.32 Å². The lowest BCUT2D eigenvalue weighted by atomic mass is 10.2. The molecule has 0 saturated heterocycles. The fourth-order valence-electron chi connectivity index (χ4n) is 4.98. The molecule has 4 rings (SSSR count). The molecule has 184 valence electrons. The largest absolute Gasteiger partial charge is 0.407 e. The van der Waals surface area contributed by atoms with Crippen LogP contribution in [0, 0.1) is 5.92 Å². The van der Waals surface area contributed by atoms with Gasteiger partial charge in [0.05, 0.1) is 17.8 Å². The average Bonchev–Trinajstić information content (AvgIpc) is 3.16. The van der Waals surface area contributed by atoms with Gasteiger partial charge in [-0.15, -0.1) is 0 Å². The van der Waals surface area contributed by atoms with Crippen LogP contribution in [-0.2, 0) is 22.3 Å². The first kappa shape index (κ1) is 25.8. The Hall–Kier alpha value is -2.25. The molecule has 1 heterocycles. The fourth-order valence-corrected chi connectivity index (χ4v) is 10.0. The summed E-state index contributed by atoms with van der Waals surface area (Å²) in [6.45, 7) is 11.1. The Morgan fingerprint density at radius 2 is 1.54 bits per heavy atom. The highest BCUT2D eigenvalue weighted by atomic mass is 79.9. The maximum absolute atomic E-state index is 7.15. The quantitative estimate of drug-likeness (QED) is 0.234. The van der Waals surface area contributed by atoms with Crippen molar-refractivity contribution in [2.24, 2.45) is 5.92 Å². The van der Waals surface area contributed by atoms with Gasteiger partial charge < -0.3 is 9.16 Å². The van der Waals surface area contributed by atoms with E-state index in [1.807, 2.05) is 0 Å². The molecule has 0 aliphatic rings. The minimum Gasteiger partial charge on any atom is -0.407 e. The molecule has 6 heteroatoms. The second kappa shape index (κ2) is 10.8. The standard InChI is InChI=1S/C29H35BrN2O2Si/c1-22(19-32-28-18-23(30)16-17-26(28)27(31-32)21-33-5)20-34-35(29(2,3)4,24-12-8-6-9-13-24)25-14-10-7-11-15-25/h6-18,22H,19-21H2,1-5H3. The van der Waals surface area contributed by atoms with Crippen molar-refractivity contribution in [2.45, 2.75) is 45.9 Å². The van der Waals surface area contributed by atoms with Crippen molar-refractivity contribution in [3.63, 3.8) is 0 Å². The SMILES string of the molecule is COCc1nn(CC(C)CO[Si](c2ccccc2)(c2ccccc2)C(C)(C)C)c2cc(Br)ccc12. The van der Waals surface area contributed by atoms with E-state index in [0.29, 0.717) is 13.2 Å². The third-order valence-corrected chi connectivity index (χ3v) is 12.1. The molecule has 0 fully saturated rings. The third-order valence-electron chi connectivity index (χ3n) is 6.56. The van der Waals surface area contributed by atoms with E-state index >= 15 is 0 Å². The lowest BCUT2D eigenvalue weighted by Gasteiger charge is -2.43. The molecule has 35 heavy (non-hydrogen) atoms. The van der Waals surface area contributed by atoms with Gasteiger partial charge in [0.25, 0.3) is 8.32 Å². The fraction of sp³-hybridized carbons (Fsp3) is 0.345. The molecule has 0 radical (unpaired) electrons. The van der Waals surface area contributed by atoms with E-state index in [1.54, 1.807) is 7.11 Å². The van der Waals surface area contributed by atoms with E-state index in [2.05, 4.69) is 127 Å². The van der Waals surface area contributed by atoms with Crippen molar-refractivity contribution in [3.8, 4) is 0 Å². The summed E-state index contributed by atoms with van der Waals surface area (Å²) in [5.74, 6) is 0.272.